The van der Waals surface area contributed by atoms with E-state index < -0.39 is 17.4 Å². The van der Waals surface area contributed by atoms with E-state index in [-0.39, 0.29) is 58.3 Å². The van der Waals surface area contributed by atoms with Crippen molar-refractivity contribution < 1.29 is 27.4 Å². The maximum Gasteiger partial charge on any atom is 0.418 e. The Labute approximate surface area is 275 Å². The summed E-state index contributed by atoms with van der Waals surface area (Å²) in [4.78, 5) is 33.1. The van der Waals surface area contributed by atoms with Gasteiger partial charge in [0, 0.05) is 37.7 Å². The molecule has 0 spiro atoms. The van der Waals surface area contributed by atoms with Crippen molar-refractivity contribution in [1.29, 1.82) is 0 Å². The number of piperazine rings is 1. The summed E-state index contributed by atoms with van der Waals surface area (Å²) in [5, 5.41) is 3.74. The molecule has 0 aliphatic carbocycles. The number of nitrogens with one attached hydrogen (secondary N) is 1. The second-order valence-corrected chi connectivity index (χ2v) is 13.4. The van der Waals surface area contributed by atoms with Crippen LogP contribution in [0.2, 0.25) is 5.02 Å². The van der Waals surface area contributed by atoms with Gasteiger partial charge in [-0.2, -0.15) is 23.1 Å². The maximum atomic E-state index is 14.4. The SMILES string of the molecule is Cc1cc(N)nc(-c2cc3nc(OC[C@@H]4CCCN4C)nc4c3c(c2Cl)OC[C@@H]2CN(C(=O)C[C@@H]3CCNC3)CCN42)c1C(F)(F)F. The van der Waals surface area contributed by atoms with Gasteiger partial charge in [-0.1, -0.05) is 11.6 Å². The Kier molecular flexibility index (Phi) is 8.46. The Balaban J connectivity index is 1.31. The van der Waals surface area contributed by atoms with Gasteiger partial charge in [-0.25, -0.2) is 4.98 Å². The van der Waals surface area contributed by atoms with E-state index in [0.29, 0.717) is 55.3 Å². The first-order valence-corrected chi connectivity index (χ1v) is 16.5. The maximum absolute atomic E-state index is 14.4. The minimum atomic E-state index is -4.73. The molecule has 1 aromatic carbocycles. The quantitative estimate of drug-likeness (QED) is 0.395. The number of rotatable bonds is 6. The molecule has 11 nitrogen and oxygen atoms in total. The summed E-state index contributed by atoms with van der Waals surface area (Å²) in [6.07, 6.45) is -1.23. The Hall–Kier alpha value is -3.62. The molecule has 0 bridgehead atoms. The van der Waals surface area contributed by atoms with Crippen LogP contribution in [0, 0.1) is 12.8 Å². The first-order chi connectivity index (χ1) is 22.5. The van der Waals surface area contributed by atoms with Crippen LogP contribution in [-0.4, -0.2) is 102 Å². The second-order valence-electron chi connectivity index (χ2n) is 13.0. The summed E-state index contributed by atoms with van der Waals surface area (Å²) in [5.41, 5.74) is 4.84. The molecule has 1 amide bonds. The van der Waals surface area contributed by atoms with Crippen LogP contribution in [-0.2, 0) is 11.0 Å². The molecular weight excluding hydrogens is 637 g/mol. The van der Waals surface area contributed by atoms with Crippen molar-refractivity contribution in [3.05, 3.63) is 28.3 Å². The lowest BCUT2D eigenvalue weighted by atomic mass is 9.99. The molecule has 3 atom stereocenters. The van der Waals surface area contributed by atoms with Gasteiger partial charge in [0.2, 0.25) is 5.91 Å². The number of hydrogen-bond donors (Lipinski definition) is 2. The number of hydrogen-bond acceptors (Lipinski definition) is 10. The highest BCUT2D eigenvalue weighted by molar-refractivity contribution is 6.36. The van der Waals surface area contributed by atoms with Crippen molar-refractivity contribution in [1.82, 2.24) is 30.1 Å². The van der Waals surface area contributed by atoms with Gasteiger partial charge in [-0.15, -0.1) is 0 Å². The molecule has 0 radical (unpaired) electrons. The molecule has 6 heterocycles. The van der Waals surface area contributed by atoms with Gasteiger partial charge in [0.1, 0.15) is 24.8 Å². The average Bonchev–Trinajstić information content (AvgIpc) is 3.65. The van der Waals surface area contributed by atoms with Crippen molar-refractivity contribution in [2.75, 3.05) is 70.2 Å². The molecule has 252 valence electrons. The number of nitrogens with zero attached hydrogens (tertiary/aromatic N) is 6. The van der Waals surface area contributed by atoms with Gasteiger partial charge in [0.25, 0.3) is 0 Å². The number of nitrogens with two attached hydrogens (primary N) is 1. The molecular formula is C32H38ClF3N8O3. The fraction of sp³-hybridized carbons (Fsp3) is 0.562. The molecule has 3 aromatic rings. The third-order valence-electron chi connectivity index (χ3n) is 9.85. The van der Waals surface area contributed by atoms with E-state index in [0.717, 1.165) is 38.9 Å². The summed E-state index contributed by atoms with van der Waals surface area (Å²) in [6.45, 7) is 5.93. The van der Waals surface area contributed by atoms with E-state index in [1.807, 2.05) is 11.9 Å². The summed E-state index contributed by atoms with van der Waals surface area (Å²) in [6, 6.07) is 2.68. The normalized spacial score (nSPS) is 23.1. The molecule has 2 aromatic heterocycles. The van der Waals surface area contributed by atoms with Crippen molar-refractivity contribution in [3.8, 4) is 23.0 Å². The minimum absolute atomic E-state index is 0.00938. The van der Waals surface area contributed by atoms with Crippen LogP contribution < -0.4 is 25.4 Å². The van der Waals surface area contributed by atoms with Gasteiger partial charge >= 0.3 is 12.2 Å². The summed E-state index contributed by atoms with van der Waals surface area (Å²) in [5.74, 6) is 1.02. The number of aryl methyl sites for hydroxylation is 1. The van der Waals surface area contributed by atoms with E-state index in [1.54, 1.807) is 0 Å². The smallest absolute Gasteiger partial charge is 0.418 e. The summed E-state index contributed by atoms with van der Waals surface area (Å²) >= 11 is 6.95. The highest BCUT2D eigenvalue weighted by atomic mass is 35.5. The standard InChI is InChI=1S/C32H38ClF3N8O3/c1-17-10-23(37)40-28(26(17)32(34,35)36)21-12-22-25-29(27(21)33)46-16-20-14-43(24(45)11-18-5-6-38-13-18)8-9-44(20)30(25)41-31(39-22)47-15-19-4-3-7-42(19)2/h10,12,18-20,38H,3-9,11,13-16H2,1-2H3,(H2,37,40)/t18-,19-,20-/m0/s1. The Morgan fingerprint density at radius 2 is 2.02 bits per heavy atom. The molecule has 15 heteroatoms. The van der Waals surface area contributed by atoms with Crippen LogP contribution in [0.25, 0.3) is 22.2 Å². The van der Waals surface area contributed by atoms with E-state index in [2.05, 4.69) is 25.1 Å². The lowest BCUT2D eigenvalue weighted by Crippen LogP contribution is -2.57. The minimum Gasteiger partial charge on any atom is -0.489 e. The summed E-state index contributed by atoms with van der Waals surface area (Å²) < 4.78 is 55.8. The second kappa shape index (κ2) is 12.4. The molecule has 7 rings (SSSR count). The van der Waals surface area contributed by atoms with Crippen LogP contribution >= 0.6 is 11.6 Å². The molecule has 4 aliphatic rings. The molecule has 3 N–H and O–H groups in total. The zero-order chi connectivity index (χ0) is 33.0. The van der Waals surface area contributed by atoms with Gasteiger partial charge < -0.3 is 35.2 Å². The van der Waals surface area contributed by atoms with Crippen LogP contribution in [0.1, 0.15) is 36.8 Å². The molecule has 47 heavy (non-hydrogen) atoms. The first kappa shape index (κ1) is 32.0. The monoisotopic (exact) mass is 674 g/mol. The number of halogens is 4. The fourth-order valence-electron chi connectivity index (χ4n) is 7.34. The highest BCUT2D eigenvalue weighted by Crippen LogP contribution is 2.49. The predicted octanol–water partition coefficient (Wildman–Crippen LogP) is 4.14. The van der Waals surface area contributed by atoms with Crippen LogP contribution in [0.3, 0.4) is 0 Å². The van der Waals surface area contributed by atoms with E-state index in [1.165, 1.54) is 19.1 Å². The number of amides is 1. The van der Waals surface area contributed by atoms with Crippen LogP contribution in [0.5, 0.6) is 11.8 Å². The number of pyridine rings is 1. The third-order valence-corrected chi connectivity index (χ3v) is 10.2. The number of fused-ring (bicyclic) bond motifs is 2. The largest absolute Gasteiger partial charge is 0.489 e. The van der Waals surface area contributed by atoms with Gasteiger partial charge in [0.15, 0.2) is 5.75 Å². The molecule has 3 saturated heterocycles. The lowest BCUT2D eigenvalue weighted by Gasteiger charge is -2.41. The molecule has 0 saturated carbocycles. The number of nitrogen functional groups attached to an aromatic ring is 1. The van der Waals surface area contributed by atoms with Crippen molar-refractivity contribution in [2.24, 2.45) is 5.92 Å². The highest BCUT2D eigenvalue weighted by Gasteiger charge is 2.40. The van der Waals surface area contributed by atoms with Gasteiger partial charge in [-0.05, 0) is 76.5 Å². The molecule has 3 fully saturated rings. The van der Waals surface area contributed by atoms with E-state index in [4.69, 9.17) is 31.8 Å². The number of anilines is 2. The first-order valence-electron chi connectivity index (χ1n) is 16.1. The number of likely N-dealkylation sites (N-methyl/N-ethyl adjacent to an activating group) is 1. The Bertz CT molecular complexity index is 1700. The zero-order valence-electron chi connectivity index (χ0n) is 26.4. The fourth-order valence-corrected chi connectivity index (χ4v) is 7.63. The van der Waals surface area contributed by atoms with Crippen LogP contribution in [0.15, 0.2) is 12.1 Å². The van der Waals surface area contributed by atoms with E-state index >= 15 is 0 Å². The Morgan fingerprint density at radius 3 is 2.74 bits per heavy atom. The number of ether oxygens (including phenoxy) is 2. The predicted molar refractivity (Wildman–Crippen MR) is 172 cm³/mol. The molecule has 0 unspecified atom stereocenters. The number of benzene rings is 1. The third kappa shape index (κ3) is 6.11. The lowest BCUT2D eigenvalue weighted by molar-refractivity contribution is -0.137. The Morgan fingerprint density at radius 1 is 1.19 bits per heavy atom. The van der Waals surface area contributed by atoms with Gasteiger partial charge in [-0.3, -0.25) is 4.79 Å². The number of alkyl halides is 3. The van der Waals surface area contributed by atoms with Crippen molar-refractivity contribution in [3.63, 3.8) is 0 Å². The van der Waals surface area contributed by atoms with Crippen molar-refractivity contribution in [2.45, 2.75) is 50.9 Å². The van der Waals surface area contributed by atoms with E-state index in [9.17, 15) is 18.0 Å². The number of carbonyl (C=O) groups excluding carboxylic acids is 1. The molecule has 4 aliphatic heterocycles. The number of likely N-dealkylation sites (tertiary alicyclic amines) is 1. The topological polar surface area (TPSA) is 122 Å². The van der Waals surface area contributed by atoms with Gasteiger partial charge in [0.05, 0.1) is 33.2 Å². The number of aromatic nitrogens is 3. The van der Waals surface area contributed by atoms with Crippen LogP contribution in [0.4, 0.5) is 24.8 Å². The zero-order valence-corrected chi connectivity index (χ0v) is 27.1. The van der Waals surface area contributed by atoms with Crippen molar-refractivity contribution >= 4 is 40.0 Å². The summed E-state index contributed by atoms with van der Waals surface area (Å²) in [7, 11) is 2.04. The average molecular weight is 675 g/mol. The number of carbonyl (C=O) groups is 1.